The highest BCUT2D eigenvalue weighted by Crippen LogP contribution is 2.47. The average Bonchev–Trinajstić information content (AvgIpc) is 2.78. The highest BCUT2D eigenvalue weighted by molar-refractivity contribution is 6.53. The molecule has 1 heterocycles. The van der Waals surface area contributed by atoms with Gasteiger partial charge in [0.2, 0.25) is 5.78 Å². The Hall–Kier alpha value is -3.21. The molecule has 1 aliphatic rings. The molecule has 0 bridgehead atoms. The van der Waals surface area contributed by atoms with Crippen LogP contribution in [-0.2, 0) is 0 Å². The molecule has 28 heavy (non-hydrogen) atoms. The second-order valence-electron chi connectivity index (χ2n) is 5.05. The number of carbonyl (C=O) groups excluding carboxylic acids is 2. The number of aromatic hydroxyl groups is 2. The molecule has 0 saturated carbocycles. The molecule has 0 atom stereocenters. The number of pyridine rings is 1. The van der Waals surface area contributed by atoms with Gasteiger partial charge >= 0.3 is 0 Å². The van der Waals surface area contributed by atoms with Crippen molar-refractivity contribution in [2.75, 3.05) is 0 Å². The summed E-state index contributed by atoms with van der Waals surface area (Å²) in [5, 5.41) is 21.7. The maximum absolute atomic E-state index is 12.3. The van der Waals surface area contributed by atoms with Crippen LogP contribution < -0.4 is 0 Å². The third kappa shape index (κ3) is 3.60. The summed E-state index contributed by atoms with van der Waals surface area (Å²) in [4.78, 5) is 28.4. The Kier molecular flexibility index (Phi) is 8.32. The second-order valence-corrected chi connectivity index (χ2v) is 5.05. The number of phenols is 2. The van der Waals surface area contributed by atoms with E-state index in [0.29, 0.717) is 16.3 Å². The molecule has 0 saturated heterocycles. The first-order chi connectivity index (χ1) is 13.6. The van der Waals surface area contributed by atoms with Crippen LogP contribution in [0.25, 0.3) is 21.9 Å². The SMILES string of the molecule is CC.CC.CC.O=C1C(=O)c2c(c(O)c3ccccc3c2O)-c2cccnc21. The van der Waals surface area contributed by atoms with E-state index < -0.39 is 11.6 Å². The van der Waals surface area contributed by atoms with Crippen LogP contribution in [0, 0.1) is 0 Å². The summed E-state index contributed by atoms with van der Waals surface area (Å²) in [5.41, 5.74) is 0.330. The van der Waals surface area contributed by atoms with Gasteiger partial charge in [-0.05, 0) is 6.07 Å². The zero-order valence-corrected chi connectivity index (χ0v) is 17.2. The van der Waals surface area contributed by atoms with E-state index in [4.69, 9.17) is 0 Å². The smallest absolute Gasteiger partial charge is 0.252 e. The van der Waals surface area contributed by atoms with E-state index in [2.05, 4.69) is 4.98 Å². The van der Waals surface area contributed by atoms with Gasteiger partial charge in [-0.25, -0.2) is 0 Å². The van der Waals surface area contributed by atoms with Crippen LogP contribution in [0.5, 0.6) is 11.5 Å². The Morgan fingerprint density at radius 1 is 0.679 bits per heavy atom. The summed E-state index contributed by atoms with van der Waals surface area (Å²) in [5.74, 6) is -2.08. The van der Waals surface area contributed by atoms with E-state index in [9.17, 15) is 19.8 Å². The summed E-state index contributed by atoms with van der Waals surface area (Å²) >= 11 is 0. The fourth-order valence-electron chi connectivity index (χ4n) is 2.89. The van der Waals surface area contributed by atoms with Crippen molar-refractivity contribution in [2.24, 2.45) is 0 Å². The minimum Gasteiger partial charge on any atom is -0.507 e. The van der Waals surface area contributed by atoms with Crippen molar-refractivity contribution in [1.82, 2.24) is 4.98 Å². The summed E-state index contributed by atoms with van der Waals surface area (Å²) in [6, 6.07) is 9.83. The van der Waals surface area contributed by atoms with E-state index in [1.807, 2.05) is 41.5 Å². The van der Waals surface area contributed by atoms with Crippen molar-refractivity contribution in [1.29, 1.82) is 0 Å². The van der Waals surface area contributed by atoms with Crippen LogP contribution in [0.4, 0.5) is 0 Å². The number of hydrogen-bond donors (Lipinski definition) is 2. The molecule has 148 valence electrons. The molecule has 0 unspecified atom stereocenters. The van der Waals surface area contributed by atoms with Crippen LogP contribution in [-0.4, -0.2) is 26.8 Å². The second kappa shape index (κ2) is 10.2. The van der Waals surface area contributed by atoms with Crippen LogP contribution in [0.1, 0.15) is 62.4 Å². The molecule has 0 spiro atoms. The number of carbonyl (C=O) groups is 2. The zero-order valence-electron chi connectivity index (χ0n) is 17.2. The van der Waals surface area contributed by atoms with E-state index >= 15 is 0 Å². The number of ketones is 2. The predicted molar refractivity (Wildman–Crippen MR) is 113 cm³/mol. The molecule has 3 aromatic rings. The van der Waals surface area contributed by atoms with Gasteiger partial charge in [-0.3, -0.25) is 14.6 Å². The summed E-state index contributed by atoms with van der Waals surface area (Å²) in [7, 11) is 0. The third-order valence-electron chi connectivity index (χ3n) is 3.89. The van der Waals surface area contributed by atoms with Crippen LogP contribution >= 0.6 is 0 Å². The number of fused-ring (bicyclic) bond motifs is 4. The molecule has 2 N–H and O–H groups in total. The monoisotopic (exact) mass is 381 g/mol. The lowest BCUT2D eigenvalue weighted by atomic mass is 9.83. The zero-order chi connectivity index (χ0) is 21.4. The number of phenolic OH excluding ortho intramolecular Hbond substituents is 2. The summed E-state index contributed by atoms with van der Waals surface area (Å²) in [6.45, 7) is 12.0. The van der Waals surface area contributed by atoms with E-state index in [-0.39, 0.29) is 28.3 Å². The topological polar surface area (TPSA) is 87.5 Å². The number of Topliss-reactive ketones (excluding diaryl/α,β-unsaturated/α-hetero) is 2. The van der Waals surface area contributed by atoms with Gasteiger partial charge < -0.3 is 10.2 Å². The van der Waals surface area contributed by atoms with Crippen molar-refractivity contribution in [2.45, 2.75) is 41.5 Å². The molecule has 5 heteroatoms. The molecular formula is C23H27NO4. The molecular weight excluding hydrogens is 354 g/mol. The van der Waals surface area contributed by atoms with E-state index in [1.54, 1.807) is 36.4 Å². The Labute approximate surface area is 165 Å². The average molecular weight is 381 g/mol. The largest absolute Gasteiger partial charge is 0.507 e. The quantitative estimate of drug-likeness (QED) is 0.381. The highest BCUT2D eigenvalue weighted by atomic mass is 16.3. The number of hydrogen-bond acceptors (Lipinski definition) is 5. The van der Waals surface area contributed by atoms with Gasteiger partial charge in [0, 0.05) is 28.1 Å². The van der Waals surface area contributed by atoms with Gasteiger partial charge in [-0.1, -0.05) is 71.9 Å². The molecule has 1 aromatic heterocycles. The molecule has 0 amide bonds. The van der Waals surface area contributed by atoms with E-state index in [1.165, 1.54) is 6.20 Å². The molecule has 0 aliphatic heterocycles. The molecule has 0 radical (unpaired) electrons. The standard InChI is InChI=1S/C17H9NO4.3C2H6/c19-14-8-4-1-2-5-9(8)15(20)12-11(14)10-6-3-7-18-13(10)17(22)16(12)21;3*1-2/h1-7,19-20H;3*1-2H3. The van der Waals surface area contributed by atoms with Crippen molar-refractivity contribution >= 4 is 22.3 Å². The third-order valence-corrected chi connectivity index (χ3v) is 3.89. The fraction of sp³-hybridized carbons (Fsp3) is 0.261. The Bertz CT molecular complexity index is 993. The van der Waals surface area contributed by atoms with Gasteiger partial charge in [-0.15, -0.1) is 0 Å². The normalized spacial score (nSPS) is 10.9. The van der Waals surface area contributed by atoms with Crippen molar-refractivity contribution < 1.29 is 19.8 Å². The first kappa shape index (κ1) is 22.8. The maximum Gasteiger partial charge on any atom is 0.252 e. The molecule has 0 fully saturated rings. The van der Waals surface area contributed by atoms with Crippen molar-refractivity contribution in [3.05, 3.63) is 53.9 Å². The minimum absolute atomic E-state index is 0.00928. The highest BCUT2D eigenvalue weighted by Gasteiger charge is 2.36. The van der Waals surface area contributed by atoms with Gasteiger partial charge in [0.1, 0.15) is 17.2 Å². The molecule has 4 rings (SSSR count). The number of nitrogens with zero attached hydrogens (tertiary/aromatic N) is 1. The van der Waals surface area contributed by atoms with Crippen molar-refractivity contribution in [3.8, 4) is 22.6 Å². The van der Waals surface area contributed by atoms with E-state index in [0.717, 1.165) is 0 Å². The summed E-state index contributed by atoms with van der Waals surface area (Å²) in [6.07, 6.45) is 1.41. The van der Waals surface area contributed by atoms with Crippen LogP contribution in [0.15, 0.2) is 42.6 Å². The van der Waals surface area contributed by atoms with Crippen molar-refractivity contribution in [3.63, 3.8) is 0 Å². The minimum atomic E-state index is -0.861. The predicted octanol–water partition coefficient (Wildman–Crippen LogP) is 5.77. The first-order valence-electron chi connectivity index (χ1n) is 9.62. The summed E-state index contributed by atoms with van der Waals surface area (Å²) < 4.78 is 0. The fourth-order valence-corrected chi connectivity index (χ4v) is 2.89. The van der Waals surface area contributed by atoms with Gasteiger partial charge in [0.15, 0.2) is 0 Å². The number of rotatable bonds is 0. The number of aromatic nitrogens is 1. The van der Waals surface area contributed by atoms with Gasteiger partial charge in [0.05, 0.1) is 5.56 Å². The Balaban J connectivity index is 0.000000599. The number of benzene rings is 2. The van der Waals surface area contributed by atoms with Crippen LogP contribution in [0.2, 0.25) is 0 Å². The lowest BCUT2D eigenvalue weighted by molar-refractivity contribution is 0.0810. The Morgan fingerprint density at radius 2 is 1.18 bits per heavy atom. The maximum atomic E-state index is 12.3. The lowest BCUT2D eigenvalue weighted by Crippen LogP contribution is -2.22. The molecule has 1 aliphatic carbocycles. The lowest BCUT2D eigenvalue weighted by Gasteiger charge is -2.20. The van der Waals surface area contributed by atoms with Gasteiger partial charge in [0.25, 0.3) is 5.78 Å². The van der Waals surface area contributed by atoms with Gasteiger partial charge in [-0.2, -0.15) is 0 Å². The molecule has 5 nitrogen and oxygen atoms in total. The Morgan fingerprint density at radius 3 is 1.71 bits per heavy atom. The van der Waals surface area contributed by atoms with Crippen LogP contribution in [0.3, 0.4) is 0 Å². The first-order valence-corrected chi connectivity index (χ1v) is 9.62. The molecule has 2 aromatic carbocycles.